The van der Waals surface area contributed by atoms with E-state index in [1.54, 1.807) is 18.2 Å². The summed E-state index contributed by atoms with van der Waals surface area (Å²) in [5.41, 5.74) is 6.83. The van der Waals surface area contributed by atoms with Crippen LogP contribution in [0.4, 0.5) is 5.69 Å². The molecule has 0 aliphatic rings. The number of tetrazole rings is 1. The number of aryl methyl sites for hydroxylation is 1. The molecule has 0 unspecified atom stereocenters. The molecular weight excluding hydrogens is 290 g/mol. The topological polar surface area (TPSA) is 104 Å². The third kappa shape index (κ3) is 3.65. The van der Waals surface area contributed by atoms with Crippen molar-refractivity contribution in [3.8, 4) is 11.4 Å². The summed E-state index contributed by atoms with van der Waals surface area (Å²) in [6, 6.07) is 4.95. The smallest absolute Gasteiger partial charge is 0.182 e. The molecule has 2 aromatic rings. The molecule has 1 aromatic carbocycles. The molecule has 0 saturated carbocycles. The molecule has 0 bridgehead atoms. The summed E-state index contributed by atoms with van der Waals surface area (Å²) < 4.78 is 23.7. The molecule has 1 aromatic heterocycles. The molecule has 0 radical (unpaired) electrons. The van der Waals surface area contributed by atoms with Crippen LogP contribution in [0, 0.1) is 0 Å². The first-order chi connectivity index (χ1) is 8.85. The molecule has 19 heavy (non-hydrogen) atoms. The second kappa shape index (κ2) is 5.14. The summed E-state index contributed by atoms with van der Waals surface area (Å²) in [7, 11) is -3.08. The van der Waals surface area contributed by atoms with Crippen molar-refractivity contribution in [2.24, 2.45) is 0 Å². The molecule has 2 N–H and O–H groups in total. The number of benzene rings is 1. The predicted octanol–water partition coefficient (Wildman–Crippen LogP) is 0.620. The van der Waals surface area contributed by atoms with Gasteiger partial charge in [0.05, 0.1) is 12.3 Å². The van der Waals surface area contributed by atoms with Gasteiger partial charge in [-0.2, -0.15) is 0 Å². The Morgan fingerprint density at radius 1 is 1.37 bits per heavy atom. The monoisotopic (exact) mass is 301 g/mol. The van der Waals surface area contributed by atoms with Gasteiger partial charge in [0.25, 0.3) is 0 Å². The van der Waals surface area contributed by atoms with Gasteiger partial charge in [-0.15, -0.1) is 5.10 Å². The number of nitrogens with zero attached hydrogens (tertiary/aromatic N) is 4. The summed E-state index contributed by atoms with van der Waals surface area (Å²) in [6.45, 7) is 0.174. The maximum Gasteiger partial charge on any atom is 0.182 e. The second-order valence-electron chi connectivity index (χ2n) is 4.13. The number of hydrogen-bond acceptors (Lipinski definition) is 6. The van der Waals surface area contributed by atoms with E-state index in [4.69, 9.17) is 17.3 Å². The molecule has 0 spiro atoms. The van der Waals surface area contributed by atoms with Crippen LogP contribution < -0.4 is 5.73 Å². The van der Waals surface area contributed by atoms with E-state index in [0.717, 1.165) is 6.26 Å². The van der Waals surface area contributed by atoms with Crippen LogP contribution in [-0.4, -0.2) is 40.6 Å². The van der Waals surface area contributed by atoms with Gasteiger partial charge < -0.3 is 5.73 Å². The lowest BCUT2D eigenvalue weighted by atomic mass is 10.2. The molecular formula is C10H12ClN5O2S. The lowest BCUT2D eigenvalue weighted by molar-refractivity contribution is 0.581. The largest absolute Gasteiger partial charge is 0.399 e. The first-order valence-electron chi connectivity index (χ1n) is 5.35. The zero-order valence-electron chi connectivity index (χ0n) is 10.1. The van der Waals surface area contributed by atoms with E-state index in [1.165, 1.54) is 4.68 Å². The van der Waals surface area contributed by atoms with Gasteiger partial charge in [0.15, 0.2) is 5.82 Å². The van der Waals surface area contributed by atoms with Gasteiger partial charge in [-0.25, -0.2) is 13.1 Å². The van der Waals surface area contributed by atoms with Gasteiger partial charge in [-0.3, -0.25) is 0 Å². The van der Waals surface area contributed by atoms with Crippen LogP contribution in [-0.2, 0) is 16.4 Å². The van der Waals surface area contributed by atoms with E-state index in [2.05, 4.69) is 15.5 Å². The lowest BCUT2D eigenvalue weighted by Crippen LogP contribution is -2.13. The summed E-state index contributed by atoms with van der Waals surface area (Å²) in [5, 5.41) is 11.6. The number of rotatable bonds is 4. The molecule has 0 atom stereocenters. The summed E-state index contributed by atoms with van der Waals surface area (Å²) in [4.78, 5) is 0. The zero-order chi connectivity index (χ0) is 14.0. The van der Waals surface area contributed by atoms with Crippen molar-refractivity contribution in [3.05, 3.63) is 23.2 Å². The fourth-order valence-electron chi connectivity index (χ4n) is 1.56. The molecule has 0 fully saturated rings. The quantitative estimate of drug-likeness (QED) is 0.830. The fourth-order valence-corrected chi connectivity index (χ4v) is 2.30. The zero-order valence-corrected chi connectivity index (χ0v) is 11.7. The molecule has 7 nitrogen and oxygen atoms in total. The van der Waals surface area contributed by atoms with Gasteiger partial charge >= 0.3 is 0 Å². The number of sulfone groups is 1. The van der Waals surface area contributed by atoms with Gasteiger partial charge in [-0.05, 0) is 28.6 Å². The Bertz CT molecular complexity index is 677. The van der Waals surface area contributed by atoms with Crippen molar-refractivity contribution < 1.29 is 8.42 Å². The van der Waals surface area contributed by atoms with Crippen LogP contribution in [0.2, 0.25) is 5.02 Å². The SMILES string of the molecule is CS(=O)(=O)CCn1nnnc1-c1cc(N)cc(Cl)c1. The third-order valence-corrected chi connectivity index (χ3v) is 3.53. The molecule has 1 heterocycles. The van der Waals surface area contributed by atoms with Crippen molar-refractivity contribution >= 4 is 27.1 Å². The van der Waals surface area contributed by atoms with E-state index in [0.29, 0.717) is 22.1 Å². The molecule has 102 valence electrons. The fraction of sp³-hybridized carbons (Fsp3) is 0.300. The molecule has 0 aliphatic heterocycles. The Balaban J connectivity index is 2.33. The number of anilines is 1. The number of hydrogen-bond donors (Lipinski definition) is 1. The van der Waals surface area contributed by atoms with Crippen molar-refractivity contribution in [2.75, 3.05) is 17.7 Å². The first kappa shape index (κ1) is 13.8. The molecule has 0 amide bonds. The Morgan fingerprint density at radius 2 is 2.11 bits per heavy atom. The minimum absolute atomic E-state index is 0.0406. The molecule has 0 saturated heterocycles. The van der Waals surface area contributed by atoms with Crippen LogP contribution in [0.1, 0.15) is 0 Å². The average molecular weight is 302 g/mol. The molecule has 2 rings (SSSR count). The van der Waals surface area contributed by atoms with Crippen molar-refractivity contribution in [2.45, 2.75) is 6.54 Å². The summed E-state index contributed by atoms with van der Waals surface area (Å²) in [6.07, 6.45) is 1.16. The Kier molecular flexibility index (Phi) is 3.72. The highest BCUT2D eigenvalue weighted by atomic mass is 35.5. The van der Waals surface area contributed by atoms with Crippen molar-refractivity contribution in [1.29, 1.82) is 0 Å². The highest BCUT2D eigenvalue weighted by Gasteiger charge is 2.12. The van der Waals surface area contributed by atoms with Crippen LogP contribution in [0.3, 0.4) is 0 Å². The van der Waals surface area contributed by atoms with Crippen LogP contribution in [0.5, 0.6) is 0 Å². The number of nitrogen functional groups attached to an aromatic ring is 1. The first-order valence-corrected chi connectivity index (χ1v) is 7.79. The minimum atomic E-state index is -3.08. The van der Waals surface area contributed by atoms with E-state index in [1.807, 2.05) is 0 Å². The van der Waals surface area contributed by atoms with Gasteiger partial charge in [0.2, 0.25) is 0 Å². The molecule has 9 heteroatoms. The van der Waals surface area contributed by atoms with E-state index < -0.39 is 9.84 Å². The number of halogens is 1. The predicted molar refractivity (Wildman–Crippen MR) is 72.4 cm³/mol. The average Bonchev–Trinajstić information content (AvgIpc) is 2.72. The second-order valence-corrected chi connectivity index (χ2v) is 6.82. The number of aromatic nitrogens is 4. The third-order valence-electron chi connectivity index (χ3n) is 2.38. The summed E-state index contributed by atoms with van der Waals surface area (Å²) >= 11 is 5.92. The highest BCUT2D eigenvalue weighted by molar-refractivity contribution is 7.90. The lowest BCUT2D eigenvalue weighted by Gasteiger charge is -2.05. The van der Waals surface area contributed by atoms with Crippen LogP contribution >= 0.6 is 11.6 Å². The van der Waals surface area contributed by atoms with Crippen LogP contribution in [0.15, 0.2) is 18.2 Å². The van der Waals surface area contributed by atoms with Crippen LogP contribution in [0.25, 0.3) is 11.4 Å². The van der Waals surface area contributed by atoms with Crippen molar-refractivity contribution in [3.63, 3.8) is 0 Å². The Morgan fingerprint density at radius 3 is 2.74 bits per heavy atom. The van der Waals surface area contributed by atoms with E-state index in [9.17, 15) is 8.42 Å². The van der Waals surface area contributed by atoms with Gasteiger partial charge in [0.1, 0.15) is 9.84 Å². The summed E-state index contributed by atoms with van der Waals surface area (Å²) in [5.74, 6) is 0.388. The Labute approximate surface area is 115 Å². The number of nitrogens with two attached hydrogens (primary N) is 1. The van der Waals surface area contributed by atoms with Gasteiger partial charge in [0, 0.05) is 22.5 Å². The normalized spacial score (nSPS) is 11.7. The van der Waals surface area contributed by atoms with Gasteiger partial charge in [-0.1, -0.05) is 11.6 Å². The Hall–Kier alpha value is -1.67. The minimum Gasteiger partial charge on any atom is -0.399 e. The standard InChI is InChI=1S/C10H12ClN5O2S/c1-19(17,18)3-2-16-10(13-14-15-16)7-4-8(11)6-9(12)5-7/h4-6H,2-3,12H2,1H3. The maximum absolute atomic E-state index is 11.2. The van der Waals surface area contributed by atoms with Crippen molar-refractivity contribution in [1.82, 2.24) is 20.2 Å². The van der Waals surface area contributed by atoms with E-state index >= 15 is 0 Å². The van der Waals surface area contributed by atoms with E-state index in [-0.39, 0.29) is 12.3 Å². The molecule has 0 aliphatic carbocycles. The highest BCUT2D eigenvalue weighted by Crippen LogP contribution is 2.23. The maximum atomic E-state index is 11.2.